The van der Waals surface area contributed by atoms with E-state index in [1.807, 2.05) is 6.92 Å². The molecule has 2 aliphatic heterocycles. The summed E-state index contributed by atoms with van der Waals surface area (Å²) in [6.07, 6.45) is 1.12. The molecule has 2 heterocycles. The van der Waals surface area contributed by atoms with E-state index in [1.165, 1.54) is 21.8 Å². The van der Waals surface area contributed by atoms with Crippen LogP contribution in [0.4, 0.5) is 11.4 Å². The topological polar surface area (TPSA) is 200 Å². The largest absolute Gasteiger partial charge is 1.00 e. The molecular weight excluding hydrogens is 535 g/mol. The van der Waals surface area contributed by atoms with E-state index in [2.05, 4.69) is 0 Å². The van der Waals surface area contributed by atoms with Crippen LogP contribution < -0.4 is 27.5 Å². The Morgan fingerprint density at radius 1 is 0.816 bits per heavy atom. The minimum absolute atomic E-state index is 0. The molecule has 2 aromatic rings. The molecule has 2 fully saturated rings. The van der Waals surface area contributed by atoms with Crippen LogP contribution in [0, 0.1) is 13.8 Å². The molecule has 206 valence electrons. The molecule has 0 aromatic heterocycles. The first-order valence-electron chi connectivity index (χ1n) is 10.9. The third-order valence-electron chi connectivity index (χ3n) is 5.68. The average molecular weight is 567 g/mol. The second-order valence-electron chi connectivity index (χ2n) is 8.32. The molecule has 2 aromatic carbocycles. The van der Waals surface area contributed by atoms with Crippen LogP contribution in [0.3, 0.4) is 0 Å². The van der Waals surface area contributed by atoms with Crippen molar-refractivity contribution < 1.29 is 66.1 Å². The number of aryl methyl sites for hydroxylation is 2. The first-order valence-corrected chi connectivity index (χ1v) is 14.1. The summed E-state index contributed by atoms with van der Waals surface area (Å²) in [5.74, 6) is -1.41. The Morgan fingerprint density at radius 2 is 1.21 bits per heavy atom. The molecule has 15 heteroatoms. The predicted molar refractivity (Wildman–Crippen MR) is 138 cm³/mol. The van der Waals surface area contributed by atoms with Crippen LogP contribution in [0.1, 0.15) is 44.7 Å². The Morgan fingerprint density at radius 3 is 1.55 bits per heavy atom. The van der Waals surface area contributed by atoms with E-state index in [0.717, 1.165) is 11.1 Å². The third kappa shape index (κ3) is 7.72. The number of ether oxygens (including phenoxy) is 1. The molecule has 12 nitrogen and oxygen atoms in total. The zero-order valence-corrected chi connectivity index (χ0v) is 23.3. The van der Waals surface area contributed by atoms with Gasteiger partial charge in [0, 0.05) is 13.1 Å². The number of benzene rings is 2. The first kappa shape index (κ1) is 35.4. The molecule has 4 rings (SSSR count). The number of methoxy groups -OCH3 is 1. The van der Waals surface area contributed by atoms with Crippen LogP contribution in [0.2, 0.25) is 0 Å². The standard InChI is InChI=1S/C12H15NO4S.C11H13NO4S.Li.2H2O/c1-9-4-5-11(10(8-9)12(14)17-2)13-6-3-7-18(13,15)16;1-8-3-4-10(9(7-8)11(13)14)12-5-2-6-17(12,15)16;;;/h4-5,8H,3,6-7H2,1-2H3;3-4,7H,2,5-6H2,1H3,(H,13,14);;2*1H2/q;;+1;;/p-1. The molecule has 0 spiro atoms. The van der Waals surface area contributed by atoms with Crippen molar-refractivity contribution in [3.63, 3.8) is 0 Å². The maximum atomic E-state index is 11.9. The quantitative estimate of drug-likeness (QED) is 0.340. The van der Waals surface area contributed by atoms with Crippen molar-refractivity contribution in [2.45, 2.75) is 26.7 Å². The monoisotopic (exact) mass is 566 g/mol. The molecule has 2 saturated heterocycles. The first-order chi connectivity index (χ1) is 16.4. The number of aromatic carboxylic acids is 1. The Kier molecular flexibility index (Phi) is 13.0. The summed E-state index contributed by atoms with van der Waals surface area (Å²) >= 11 is 0. The van der Waals surface area contributed by atoms with Gasteiger partial charge in [-0.2, -0.15) is 0 Å². The van der Waals surface area contributed by atoms with Gasteiger partial charge in [0.1, 0.15) is 0 Å². The zero-order chi connectivity index (χ0) is 26.0. The predicted octanol–water partition coefficient (Wildman–Crippen LogP) is -1.44. The van der Waals surface area contributed by atoms with Gasteiger partial charge < -0.3 is 20.8 Å². The summed E-state index contributed by atoms with van der Waals surface area (Å²) in [5.41, 5.74) is 2.68. The minimum Gasteiger partial charge on any atom is -0.870 e. The van der Waals surface area contributed by atoms with Gasteiger partial charge >= 0.3 is 30.8 Å². The van der Waals surface area contributed by atoms with Crippen molar-refractivity contribution in [3.8, 4) is 0 Å². The summed E-state index contributed by atoms with van der Waals surface area (Å²) in [4.78, 5) is 22.8. The van der Waals surface area contributed by atoms with E-state index < -0.39 is 32.0 Å². The summed E-state index contributed by atoms with van der Waals surface area (Å²) < 4.78 is 54.5. The van der Waals surface area contributed by atoms with Crippen molar-refractivity contribution in [1.82, 2.24) is 0 Å². The second-order valence-corrected chi connectivity index (χ2v) is 12.3. The van der Waals surface area contributed by atoms with Crippen LogP contribution >= 0.6 is 0 Å². The van der Waals surface area contributed by atoms with Gasteiger partial charge in [0.15, 0.2) is 0 Å². The molecule has 0 atom stereocenters. The van der Waals surface area contributed by atoms with Gasteiger partial charge in [-0.25, -0.2) is 26.4 Å². The fraction of sp³-hybridized carbons (Fsp3) is 0.391. The van der Waals surface area contributed by atoms with Gasteiger partial charge in [0.2, 0.25) is 20.0 Å². The van der Waals surface area contributed by atoms with E-state index in [9.17, 15) is 26.4 Å². The molecule has 0 radical (unpaired) electrons. The molecule has 0 unspecified atom stereocenters. The number of hydrogen-bond acceptors (Lipinski definition) is 8. The van der Waals surface area contributed by atoms with Crippen LogP contribution in [0.15, 0.2) is 36.4 Å². The molecule has 0 aliphatic carbocycles. The van der Waals surface area contributed by atoms with Crippen molar-refractivity contribution in [1.29, 1.82) is 0 Å². The number of carbonyl (C=O) groups excluding carboxylic acids is 1. The Labute approximate surface area is 234 Å². The normalized spacial score (nSPS) is 16.6. The van der Waals surface area contributed by atoms with E-state index in [1.54, 1.807) is 37.3 Å². The van der Waals surface area contributed by atoms with Crippen LogP contribution in [-0.2, 0) is 24.8 Å². The third-order valence-corrected chi connectivity index (χ3v) is 9.39. The van der Waals surface area contributed by atoms with Crippen molar-refractivity contribution >= 4 is 43.4 Å². The summed E-state index contributed by atoms with van der Waals surface area (Å²) in [5, 5.41) is 9.10. The maximum absolute atomic E-state index is 11.9. The molecule has 4 N–H and O–H groups in total. The van der Waals surface area contributed by atoms with Crippen molar-refractivity contribution in [3.05, 3.63) is 58.7 Å². The smallest absolute Gasteiger partial charge is 0.870 e. The van der Waals surface area contributed by atoms with E-state index in [0.29, 0.717) is 37.2 Å². The van der Waals surface area contributed by atoms with E-state index in [4.69, 9.17) is 9.84 Å². The van der Waals surface area contributed by atoms with Crippen molar-refractivity contribution in [2.75, 3.05) is 40.3 Å². The van der Waals surface area contributed by atoms with E-state index in [-0.39, 0.29) is 52.6 Å². The minimum atomic E-state index is -3.34. The van der Waals surface area contributed by atoms with E-state index >= 15 is 0 Å². The average Bonchev–Trinajstić information content (AvgIpc) is 3.33. The molecule has 0 bridgehead atoms. The number of sulfonamides is 2. The maximum Gasteiger partial charge on any atom is 1.00 e. The number of carboxylic acids is 1. The summed E-state index contributed by atoms with van der Waals surface area (Å²) in [6, 6.07) is 9.86. The van der Waals surface area contributed by atoms with Gasteiger partial charge in [-0.3, -0.25) is 8.61 Å². The number of esters is 1. The molecular formula is C23H31LiN2O10S2. The van der Waals surface area contributed by atoms with Gasteiger partial charge in [-0.05, 0) is 51.0 Å². The number of hydrogen-bond donors (Lipinski definition) is 1. The van der Waals surface area contributed by atoms with Crippen LogP contribution in [0.25, 0.3) is 0 Å². The van der Waals surface area contributed by atoms with Gasteiger partial charge in [0.25, 0.3) is 0 Å². The number of rotatable bonds is 4. The molecule has 0 amide bonds. The van der Waals surface area contributed by atoms with Gasteiger partial charge in [0.05, 0.1) is 41.1 Å². The fourth-order valence-corrected chi connectivity index (χ4v) is 7.16. The second kappa shape index (κ2) is 14.0. The zero-order valence-electron chi connectivity index (χ0n) is 21.7. The van der Waals surface area contributed by atoms with Crippen LogP contribution in [0.5, 0.6) is 0 Å². The fourth-order valence-electron chi connectivity index (χ4n) is 4.00. The Hall–Kier alpha value is -2.60. The summed E-state index contributed by atoms with van der Waals surface area (Å²) in [6.45, 7) is 4.38. The molecule has 2 aliphatic rings. The molecule has 0 saturated carbocycles. The Balaban J connectivity index is 0.000000669. The molecule has 38 heavy (non-hydrogen) atoms. The number of anilines is 2. The number of carbonyl (C=O) groups is 2. The number of nitrogens with zero attached hydrogens (tertiary/aromatic N) is 2. The van der Waals surface area contributed by atoms with Crippen molar-refractivity contribution in [2.24, 2.45) is 0 Å². The number of carboxylic acid groups (broad SMARTS) is 1. The summed E-state index contributed by atoms with van der Waals surface area (Å²) in [7, 11) is -5.35. The SMILES string of the molecule is COC(=O)c1cc(C)ccc1N1CCCS1(=O)=O.Cc1ccc(N2CCCS2(=O)=O)c(C(=O)O)c1.O.[Li+].[OH-]. The van der Waals surface area contributed by atoms with Crippen LogP contribution in [-0.4, -0.2) is 76.5 Å². The van der Waals surface area contributed by atoms with Gasteiger partial charge in [-0.15, -0.1) is 0 Å². The van der Waals surface area contributed by atoms with Gasteiger partial charge in [-0.1, -0.05) is 23.3 Å². The Bertz CT molecular complexity index is 1360.